The van der Waals surface area contributed by atoms with E-state index in [1.807, 2.05) is 32.0 Å². The number of amidine groups is 1. The van der Waals surface area contributed by atoms with Crippen LogP contribution in [0, 0.1) is 10.7 Å². The van der Waals surface area contributed by atoms with Gasteiger partial charge in [-0.15, -0.1) is 0 Å². The lowest BCUT2D eigenvalue weighted by atomic mass is 10.2. The van der Waals surface area contributed by atoms with Crippen LogP contribution in [0.15, 0.2) is 11.1 Å². The van der Waals surface area contributed by atoms with Crippen LogP contribution in [0.3, 0.4) is 0 Å². The Bertz CT molecular complexity index is 530. The summed E-state index contributed by atoms with van der Waals surface area (Å²) in [5, 5.41) is -0.445. The molecule has 98 valence electrons. The number of aliphatic imine (C=N–C) groups is 1. The van der Waals surface area contributed by atoms with Crippen LogP contribution in [0.5, 0.6) is 0 Å². The second kappa shape index (κ2) is 7.02. The van der Waals surface area contributed by atoms with Crippen LogP contribution in [0.1, 0.15) is 17.3 Å². The zero-order valence-corrected chi connectivity index (χ0v) is 17.1. The first kappa shape index (κ1) is 16.9. The van der Waals surface area contributed by atoms with Crippen molar-refractivity contribution < 1.29 is 4.79 Å². The Kier molecular flexibility index (Phi) is 6.59. The number of nitrogens with zero attached hydrogens (tertiary/aromatic N) is 2. The van der Waals surface area contributed by atoms with Crippen molar-refractivity contribution in [3.63, 3.8) is 0 Å². The Morgan fingerprint density at radius 1 is 1.28 bits per heavy atom. The van der Waals surface area contributed by atoms with Gasteiger partial charge in [-0.25, -0.2) is 4.99 Å². The molecule has 0 fully saturated rings. The highest BCUT2D eigenvalue weighted by Gasteiger charge is 2.18. The predicted molar refractivity (Wildman–Crippen MR) is 101 cm³/mol. The molecule has 3 nitrogen and oxygen atoms in total. The molecular formula is C11H10ClI3N2O. The molecule has 0 N–H and O–H groups in total. The standard InChI is InChI=1S/C11H10ClI3N2O/c1-5(17(2)3)16-10-7(14)4-6(13)8(9(10)15)11(12)18/h4H,1-3H3. The van der Waals surface area contributed by atoms with Gasteiger partial charge < -0.3 is 4.90 Å². The van der Waals surface area contributed by atoms with E-state index in [0.29, 0.717) is 5.56 Å². The molecule has 1 aromatic rings. The SMILES string of the molecule is CC(=Nc1c(I)cc(I)c(C(=O)Cl)c1I)N(C)C. The van der Waals surface area contributed by atoms with E-state index < -0.39 is 5.24 Å². The Morgan fingerprint density at radius 2 is 1.83 bits per heavy atom. The molecule has 0 aliphatic rings. The van der Waals surface area contributed by atoms with Crippen molar-refractivity contribution in [1.29, 1.82) is 0 Å². The van der Waals surface area contributed by atoms with Gasteiger partial charge in [-0.05, 0) is 92.4 Å². The van der Waals surface area contributed by atoms with Crippen molar-refractivity contribution in [3.8, 4) is 0 Å². The third-order valence-electron chi connectivity index (χ3n) is 2.26. The molecule has 0 saturated carbocycles. The normalized spacial score (nSPS) is 11.6. The second-order valence-corrected chi connectivity index (χ2v) is 7.45. The molecular weight excluding hydrogens is 592 g/mol. The van der Waals surface area contributed by atoms with E-state index in [2.05, 4.69) is 72.8 Å². The summed E-state index contributed by atoms with van der Waals surface area (Å²) in [5.74, 6) is 0.875. The molecule has 0 aliphatic heterocycles. The largest absolute Gasteiger partial charge is 0.366 e. The first-order chi connectivity index (χ1) is 8.25. The fraction of sp³-hybridized carbons (Fsp3) is 0.273. The van der Waals surface area contributed by atoms with Crippen molar-refractivity contribution in [3.05, 3.63) is 22.3 Å². The van der Waals surface area contributed by atoms with Crippen molar-refractivity contribution in [2.24, 2.45) is 4.99 Å². The average molecular weight is 602 g/mol. The molecule has 0 bridgehead atoms. The average Bonchev–Trinajstić information content (AvgIpc) is 2.22. The summed E-state index contributed by atoms with van der Waals surface area (Å²) in [7, 11) is 3.86. The van der Waals surface area contributed by atoms with Crippen molar-refractivity contribution in [2.45, 2.75) is 6.92 Å². The monoisotopic (exact) mass is 602 g/mol. The van der Waals surface area contributed by atoms with Gasteiger partial charge in [0, 0.05) is 21.2 Å². The molecule has 0 aliphatic carbocycles. The van der Waals surface area contributed by atoms with Crippen LogP contribution in [-0.2, 0) is 0 Å². The molecule has 0 amide bonds. The predicted octanol–water partition coefficient (Wildman–Crippen LogP) is 4.49. The maximum Gasteiger partial charge on any atom is 0.254 e. The zero-order valence-electron chi connectivity index (χ0n) is 9.89. The highest BCUT2D eigenvalue weighted by Crippen LogP contribution is 2.34. The van der Waals surface area contributed by atoms with Crippen molar-refractivity contribution in [1.82, 2.24) is 4.90 Å². The molecule has 0 spiro atoms. The van der Waals surface area contributed by atoms with Gasteiger partial charge in [-0.1, -0.05) is 0 Å². The molecule has 0 radical (unpaired) electrons. The lowest BCUT2D eigenvalue weighted by Crippen LogP contribution is -2.18. The van der Waals surface area contributed by atoms with Crippen LogP contribution in [0.2, 0.25) is 0 Å². The van der Waals surface area contributed by atoms with E-state index in [-0.39, 0.29) is 0 Å². The number of benzene rings is 1. The van der Waals surface area contributed by atoms with Gasteiger partial charge in [0.2, 0.25) is 0 Å². The van der Waals surface area contributed by atoms with Gasteiger partial charge in [0.25, 0.3) is 5.24 Å². The first-order valence-corrected chi connectivity index (χ1v) is 8.47. The molecule has 0 heterocycles. The number of carbonyl (C=O) groups is 1. The minimum atomic E-state index is -0.445. The molecule has 18 heavy (non-hydrogen) atoms. The first-order valence-electron chi connectivity index (χ1n) is 4.85. The highest BCUT2D eigenvalue weighted by atomic mass is 127. The van der Waals surface area contributed by atoms with Crippen LogP contribution >= 0.6 is 79.4 Å². The number of halogens is 4. The number of hydrogen-bond acceptors (Lipinski definition) is 2. The zero-order chi connectivity index (χ0) is 14.0. The minimum Gasteiger partial charge on any atom is -0.366 e. The van der Waals surface area contributed by atoms with E-state index in [1.54, 1.807) is 0 Å². The van der Waals surface area contributed by atoms with Gasteiger partial charge in [0.1, 0.15) is 5.84 Å². The smallest absolute Gasteiger partial charge is 0.254 e. The molecule has 1 rings (SSSR count). The van der Waals surface area contributed by atoms with E-state index in [9.17, 15) is 4.79 Å². The Balaban J connectivity index is 3.51. The second-order valence-electron chi connectivity index (χ2n) is 3.70. The number of hydrogen-bond donors (Lipinski definition) is 0. The molecule has 0 unspecified atom stereocenters. The van der Waals surface area contributed by atoms with Crippen molar-refractivity contribution >= 4 is 96.1 Å². The van der Waals surface area contributed by atoms with Gasteiger partial charge in [0.15, 0.2) is 0 Å². The third kappa shape index (κ3) is 3.92. The summed E-state index contributed by atoms with van der Waals surface area (Å²) in [6, 6.07) is 1.92. The maximum atomic E-state index is 11.5. The fourth-order valence-corrected chi connectivity index (χ4v) is 5.74. The Hall–Kier alpha value is 0.840. The molecule has 7 heteroatoms. The quantitative estimate of drug-likeness (QED) is 0.217. The maximum absolute atomic E-state index is 11.5. The highest BCUT2D eigenvalue weighted by molar-refractivity contribution is 14.1. The lowest BCUT2D eigenvalue weighted by molar-refractivity contribution is 0.108. The Labute approximate surface area is 152 Å². The topological polar surface area (TPSA) is 32.7 Å². The van der Waals surface area contributed by atoms with Crippen LogP contribution < -0.4 is 0 Å². The van der Waals surface area contributed by atoms with Gasteiger partial charge in [-0.3, -0.25) is 4.79 Å². The molecule has 1 aromatic carbocycles. The van der Waals surface area contributed by atoms with Gasteiger partial charge >= 0.3 is 0 Å². The van der Waals surface area contributed by atoms with Crippen LogP contribution in [0.4, 0.5) is 5.69 Å². The van der Waals surface area contributed by atoms with Gasteiger partial charge in [-0.2, -0.15) is 0 Å². The number of carbonyl (C=O) groups excluding carboxylic acids is 1. The Morgan fingerprint density at radius 3 is 2.28 bits per heavy atom. The van der Waals surface area contributed by atoms with E-state index in [4.69, 9.17) is 11.6 Å². The van der Waals surface area contributed by atoms with Crippen LogP contribution in [-0.4, -0.2) is 30.1 Å². The molecule has 0 saturated heterocycles. The van der Waals surface area contributed by atoms with E-state index >= 15 is 0 Å². The summed E-state index contributed by atoms with van der Waals surface area (Å²) in [6.45, 7) is 1.92. The minimum absolute atomic E-state index is 0.445. The van der Waals surface area contributed by atoms with Crippen molar-refractivity contribution in [2.75, 3.05) is 14.1 Å². The third-order valence-corrected chi connectivity index (χ3v) is 5.18. The fourth-order valence-electron chi connectivity index (χ4n) is 1.12. The summed E-state index contributed by atoms with van der Waals surface area (Å²) in [5.41, 5.74) is 1.33. The molecule has 0 atom stereocenters. The van der Waals surface area contributed by atoms with Crippen LogP contribution in [0.25, 0.3) is 0 Å². The lowest BCUT2D eigenvalue weighted by Gasteiger charge is -2.14. The summed E-state index contributed by atoms with van der Waals surface area (Å²) >= 11 is 12.1. The van der Waals surface area contributed by atoms with E-state index in [1.165, 1.54) is 0 Å². The summed E-state index contributed by atoms with van der Waals surface area (Å²) in [4.78, 5) is 17.9. The number of rotatable bonds is 2. The molecule has 0 aromatic heterocycles. The van der Waals surface area contributed by atoms with E-state index in [0.717, 1.165) is 22.2 Å². The summed E-state index contributed by atoms with van der Waals surface area (Å²) in [6.07, 6.45) is 0. The summed E-state index contributed by atoms with van der Waals surface area (Å²) < 4.78 is 2.65. The van der Waals surface area contributed by atoms with Gasteiger partial charge in [0.05, 0.1) is 14.8 Å².